The first-order valence-electron chi connectivity index (χ1n) is 11.6. The van der Waals surface area contributed by atoms with Gasteiger partial charge in [0.05, 0.1) is 0 Å². The Morgan fingerprint density at radius 3 is 1.47 bits per heavy atom. The first kappa shape index (κ1) is 25.4. The van der Waals surface area contributed by atoms with Crippen LogP contribution in [0.15, 0.2) is 78.9 Å². The maximum Gasteiger partial charge on any atom is -0.00256 e. The Kier molecular flexibility index (Phi) is 12.9. The van der Waals surface area contributed by atoms with Crippen molar-refractivity contribution in [1.82, 2.24) is 0 Å². The van der Waals surface area contributed by atoms with Gasteiger partial charge in [0.15, 0.2) is 0 Å². The van der Waals surface area contributed by atoms with Crippen molar-refractivity contribution in [3.05, 3.63) is 112 Å². The first-order valence-corrected chi connectivity index (χ1v) is 11.6. The van der Waals surface area contributed by atoms with E-state index in [0.717, 1.165) is 19.3 Å². The summed E-state index contributed by atoms with van der Waals surface area (Å²) < 4.78 is 0. The van der Waals surface area contributed by atoms with Gasteiger partial charge in [0.2, 0.25) is 0 Å². The number of hydrogen-bond acceptors (Lipinski definition) is 0. The molecule has 0 aliphatic rings. The van der Waals surface area contributed by atoms with E-state index in [1.54, 1.807) is 0 Å². The molecule has 0 bridgehead atoms. The molecular formula is C30H40. The number of aryl methyl sites for hydroxylation is 1. The minimum atomic E-state index is 0.983. The zero-order valence-electron chi connectivity index (χ0n) is 19.9. The van der Waals surface area contributed by atoms with Gasteiger partial charge in [0, 0.05) is 0 Å². The molecule has 0 heterocycles. The third kappa shape index (κ3) is 9.27. The monoisotopic (exact) mass is 400 g/mol. The van der Waals surface area contributed by atoms with E-state index in [9.17, 15) is 0 Å². The highest BCUT2D eigenvalue weighted by Crippen LogP contribution is 2.16. The summed E-state index contributed by atoms with van der Waals surface area (Å²) in [5.74, 6) is 0. The predicted octanol–water partition coefficient (Wildman–Crippen LogP) is 8.91. The summed E-state index contributed by atoms with van der Waals surface area (Å²) in [5, 5.41) is 0. The summed E-state index contributed by atoms with van der Waals surface area (Å²) >= 11 is 0. The van der Waals surface area contributed by atoms with Gasteiger partial charge in [0.25, 0.3) is 0 Å². The number of rotatable bonds is 6. The van der Waals surface area contributed by atoms with Crippen molar-refractivity contribution in [1.29, 1.82) is 0 Å². The van der Waals surface area contributed by atoms with Crippen LogP contribution >= 0.6 is 0 Å². The molecule has 0 aliphatic carbocycles. The van der Waals surface area contributed by atoms with Crippen LogP contribution < -0.4 is 0 Å². The Labute approximate surface area is 185 Å². The lowest BCUT2D eigenvalue weighted by atomic mass is 9.99. The lowest BCUT2D eigenvalue weighted by Crippen LogP contribution is -1.92. The minimum Gasteiger partial charge on any atom is -0.0871 e. The third-order valence-corrected chi connectivity index (χ3v) is 4.58. The van der Waals surface area contributed by atoms with Gasteiger partial charge in [-0.05, 0) is 59.6 Å². The fourth-order valence-corrected chi connectivity index (χ4v) is 3.14. The van der Waals surface area contributed by atoms with Crippen LogP contribution in [0.25, 0.3) is 6.08 Å². The van der Waals surface area contributed by atoms with Crippen LogP contribution in [-0.4, -0.2) is 0 Å². The van der Waals surface area contributed by atoms with Gasteiger partial charge < -0.3 is 0 Å². The van der Waals surface area contributed by atoms with Crippen LogP contribution in [0, 0.1) is 0 Å². The Balaban J connectivity index is 0.000000826. The highest BCUT2D eigenvalue weighted by molar-refractivity contribution is 5.50. The smallest absolute Gasteiger partial charge is 0.00256 e. The highest BCUT2D eigenvalue weighted by Gasteiger charge is 2.00. The van der Waals surface area contributed by atoms with E-state index in [1.807, 2.05) is 13.8 Å². The Morgan fingerprint density at radius 1 is 0.600 bits per heavy atom. The van der Waals surface area contributed by atoms with Crippen molar-refractivity contribution in [2.45, 2.75) is 67.2 Å². The van der Waals surface area contributed by atoms with E-state index >= 15 is 0 Å². The second kappa shape index (κ2) is 15.3. The molecule has 3 rings (SSSR count). The number of allylic oxidation sites excluding steroid dienone is 1. The molecule has 0 spiro atoms. The van der Waals surface area contributed by atoms with E-state index in [4.69, 9.17) is 0 Å². The molecule has 0 aromatic heterocycles. The lowest BCUT2D eigenvalue weighted by Gasteiger charge is -2.07. The largest absolute Gasteiger partial charge is 0.0871 e. The van der Waals surface area contributed by atoms with Gasteiger partial charge in [0.1, 0.15) is 0 Å². The summed E-state index contributed by atoms with van der Waals surface area (Å²) in [6.07, 6.45) is 8.57. The number of hydrogen-bond donors (Lipinski definition) is 0. The molecule has 0 heteroatoms. The van der Waals surface area contributed by atoms with Gasteiger partial charge in [-0.2, -0.15) is 0 Å². The number of benzene rings is 3. The fourth-order valence-electron chi connectivity index (χ4n) is 3.14. The Hall–Kier alpha value is -2.60. The van der Waals surface area contributed by atoms with Crippen molar-refractivity contribution >= 4 is 6.08 Å². The summed E-state index contributed by atoms with van der Waals surface area (Å²) in [5.41, 5.74) is 8.15. The standard InChI is InChI=1S/C25H26.C3H8.C2H6/c1-3-6-21-7-5-8-25(18-21)19-24-15-13-23(14-16-24)17-22-11-9-20(4-2)10-12-22;1-3-2;1-2/h3,5-16,18H,4,17,19H2,1-2H3;3H2,1-2H3;1-2H3/b6-3-;;. The maximum atomic E-state index is 2.27. The van der Waals surface area contributed by atoms with Crippen LogP contribution in [0.3, 0.4) is 0 Å². The molecule has 0 atom stereocenters. The molecule has 0 saturated heterocycles. The third-order valence-electron chi connectivity index (χ3n) is 4.58. The second-order valence-electron chi connectivity index (χ2n) is 7.29. The topological polar surface area (TPSA) is 0 Å². The summed E-state index contributed by atoms with van der Waals surface area (Å²) in [6.45, 7) is 12.5. The average molecular weight is 401 g/mol. The van der Waals surface area contributed by atoms with Crippen molar-refractivity contribution in [3.63, 3.8) is 0 Å². The van der Waals surface area contributed by atoms with Gasteiger partial charge >= 0.3 is 0 Å². The Morgan fingerprint density at radius 2 is 1.03 bits per heavy atom. The molecule has 3 aromatic rings. The molecule has 0 unspecified atom stereocenters. The molecule has 160 valence electrons. The van der Waals surface area contributed by atoms with Gasteiger partial charge in [-0.25, -0.2) is 0 Å². The van der Waals surface area contributed by atoms with Crippen molar-refractivity contribution in [2.24, 2.45) is 0 Å². The van der Waals surface area contributed by atoms with Crippen LogP contribution in [0.1, 0.15) is 81.3 Å². The van der Waals surface area contributed by atoms with Crippen molar-refractivity contribution < 1.29 is 0 Å². The lowest BCUT2D eigenvalue weighted by molar-refractivity contribution is 1.09. The SMILES string of the molecule is C/C=C\c1cccc(Cc2ccc(Cc3ccc(CC)cc3)cc2)c1.CC.CCC. The van der Waals surface area contributed by atoms with Gasteiger partial charge in [-0.1, -0.05) is 126 Å². The zero-order valence-corrected chi connectivity index (χ0v) is 19.9. The van der Waals surface area contributed by atoms with Crippen molar-refractivity contribution in [3.8, 4) is 0 Å². The van der Waals surface area contributed by atoms with E-state index < -0.39 is 0 Å². The quantitative estimate of drug-likeness (QED) is 0.387. The van der Waals surface area contributed by atoms with Crippen LogP contribution in [-0.2, 0) is 19.3 Å². The van der Waals surface area contributed by atoms with E-state index in [2.05, 4.69) is 113 Å². The summed E-state index contributed by atoms with van der Waals surface area (Å²) in [6, 6.07) is 26.8. The minimum absolute atomic E-state index is 0.983. The Bertz CT molecular complexity index is 836. The van der Waals surface area contributed by atoms with Crippen LogP contribution in [0.5, 0.6) is 0 Å². The first-order chi connectivity index (χ1) is 14.7. The molecule has 0 aliphatic heterocycles. The zero-order chi connectivity index (χ0) is 22.2. The van der Waals surface area contributed by atoms with Crippen LogP contribution in [0.4, 0.5) is 0 Å². The van der Waals surface area contributed by atoms with E-state index in [0.29, 0.717) is 0 Å². The van der Waals surface area contributed by atoms with E-state index in [-0.39, 0.29) is 0 Å². The summed E-state index contributed by atoms with van der Waals surface area (Å²) in [7, 11) is 0. The molecule has 0 amide bonds. The van der Waals surface area contributed by atoms with Crippen molar-refractivity contribution in [2.75, 3.05) is 0 Å². The molecule has 0 N–H and O–H groups in total. The molecule has 3 aromatic carbocycles. The maximum absolute atomic E-state index is 2.27. The van der Waals surface area contributed by atoms with Gasteiger partial charge in [-0.3, -0.25) is 0 Å². The molecule has 0 saturated carbocycles. The summed E-state index contributed by atoms with van der Waals surface area (Å²) in [4.78, 5) is 0. The molecule has 0 radical (unpaired) electrons. The van der Waals surface area contributed by atoms with Gasteiger partial charge in [-0.15, -0.1) is 0 Å². The van der Waals surface area contributed by atoms with Crippen LogP contribution in [0.2, 0.25) is 0 Å². The second-order valence-corrected chi connectivity index (χ2v) is 7.29. The molecular weight excluding hydrogens is 360 g/mol. The van der Waals surface area contributed by atoms with E-state index in [1.165, 1.54) is 39.8 Å². The average Bonchev–Trinajstić information content (AvgIpc) is 2.78. The molecule has 0 fully saturated rings. The molecule has 30 heavy (non-hydrogen) atoms. The normalized spacial score (nSPS) is 10.1. The molecule has 0 nitrogen and oxygen atoms in total. The predicted molar refractivity (Wildman–Crippen MR) is 136 cm³/mol. The fraction of sp³-hybridized carbons (Fsp3) is 0.333. The highest BCUT2D eigenvalue weighted by atomic mass is 14.1.